The molecule has 0 amide bonds. The van der Waals surface area contributed by atoms with Crippen LogP contribution in [0, 0.1) is 5.41 Å². The van der Waals surface area contributed by atoms with Gasteiger partial charge in [-0.3, -0.25) is 0 Å². The molecule has 0 bridgehead atoms. The molecule has 0 nitrogen and oxygen atoms in total. The largest absolute Gasteiger partial charge is 0.207 e. The van der Waals surface area contributed by atoms with Gasteiger partial charge in [0.1, 0.15) is 10.3 Å². The molecule has 0 aliphatic heterocycles. The van der Waals surface area contributed by atoms with Crippen LogP contribution in [-0.4, -0.2) is 29.2 Å². The van der Waals surface area contributed by atoms with Crippen LogP contribution in [0.5, 0.6) is 0 Å². The maximum atomic E-state index is 6.29. The molecule has 25 heavy (non-hydrogen) atoms. The summed E-state index contributed by atoms with van der Waals surface area (Å²) in [6.07, 6.45) is 0. The zero-order valence-electron chi connectivity index (χ0n) is 10.5. The molecule has 0 aliphatic carbocycles. The first-order valence-electron chi connectivity index (χ1n) is 5.06. The van der Waals surface area contributed by atoms with E-state index in [9.17, 15) is 0 Å². The van der Waals surface area contributed by atoms with Crippen LogP contribution in [0.15, 0.2) is 0 Å². The minimum absolute atomic E-state index is 1.71. The molecule has 0 spiro atoms. The Morgan fingerprint density at radius 1 is 0.400 bits per heavy atom. The van der Waals surface area contributed by atoms with Crippen molar-refractivity contribution in [2.24, 2.45) is 5.41 Å². The molecule has 0 aromatic heterocycles. The summed E-state index contributed by atoms with van der Waals surface area (Å²) in [6, 6.07) is 0. The van der Waals surface area contributed by atoms with Crippen LogP contribution >= 0.6 is 197 Å². The molecule has 0 N–H and O–H groups in total. The van der Waals surface area contributed by atoms with E-state index in [4.69, 9.17) is 197 Å². The molecule has 0 atom stereocenters. The monoisotopic (exact) mass is 691 g/mol. The second-order valence-corrected chi connectivity index (χ2v) is 16.3. The number of alkyl halides is 17. The van der Waals surface area contributed by atoms with Gasteiger partial charge < -0.3 is 0 Å². The summed E-state index contributed by atoms with van der Waals surface area (Å²) in [5.74, 6) is 0. The van der Waals surface area contributed by atoms with E-state index in [-0.39, 0.29) is 0 Å². The van der Waals surface area contributed by atoms with Crippen LogP contribution in [0.2, 0.25) is 0 Å². The predicted molar refractivity (Wildman–Crippen MR) is 122 cm³/mol. The van der Waals surface area contributed by atoms with Gasteiger partial charge in [0.25, 0.3) is 0 Å². The first kappa shape index (κ1) is 29.9. The Hall–Kier alpha value is 4.93. The molecule has 0 rings (SSSR count). The third-order valence-electron chi connectivity index (χ3n) is 2.83. The lowest BCUT2D eigenvalue weighted by molar-refractivity contribution is 0.236. The highest BCUT2D eigenvalue weighted by Crippen LogP contribution is 2.78. The number of hydrogen-bond acceptors (Lipinski definition) is 0. The molecular weight excluding hydrogens is 699 g/mol. The maximum Gasteiger partial charge on any atom is 0.207 e. The number of hydrogen-bond donors (Lipinski definition) is 0. The number of rotatable bonds is 4. The van der Waals surface area contributed by atoms with Gasteiger partial charge >= 0.3 is 0 Å². The smallest absolute Gasteiger partial charge is 0.102 e. The molecule has 17 heteroatoms. The van der Waals surface area contributed by atoms with Gasteiger partial charge in [-0.1, -0.05) is 174 Å². The van der Waals surface area contributed by atoms with E-state index in [0.29, 0.717) is 0 Å². The molecule has 0 fully saturated rings. The van der Waals surface area contributed by atoms with Crippen molar-refractivity contribution in [2.75, 3.05) is 0 Å². The molecule has 0 saturated carbocycles. The second-order valence-electron chi connectivity index (χ2n) is 4.32. The zero-order chi connectivity index (χ0) is 21.1. The van der Waals surface area contributed by atoms with Gasteiger partial charge in [0.05, 0.1) is 0 Å². The molecule has 0 aromatic carbocycles. The van der Waals surface area contributed by atoms with Crippen molar-refractivity contribution in [3.63, 3.8) is 0 Å². The van der Waals surface area contributed by atoms with E-state index < -0.39 is 34.6 Å². The van der Waals surface area contributed by atoms with Crippen LogP contribution in [0.3, 0.4) is 0 Å². The fourth-order valence-corrected chi connectivity index (χ4v) is 10.3. The average Bonchev–Trinajstić information content (AvgIpc) is 2.20. The Morgan fingerprint density at radius 2 is 0.640 bits per heavy atom. The van der Waals surface area contributed by atoms with Gasteiger partial charge in [-0.05, 0) is 0 Å². The lowest BCUT2D eigenvalue weighted by Gasteiger charge is -2.58. The molecule has 0 heterocycles. The fourth-order valence-electron chi connectivity index (χ4n) is 1.60. The Morgan fingerprint density at radius 3 is 0.800 bits per heavy atom. The van der Waals surface area contributed by atoms with Crippen molar-refractivity contribution in [3.8, 4) is 0 Å². The predicted octanol–water partition coefficient (Wildman–Crippen LogP) is 10.4. The summed E-state index contributed by atoms with van der Waals surface area (Å²) >= 11 is 102. The Kier molecular flexibility index (Phi) is 10.8. The van der Waals surface area contributed by atoms with Crippen molar-refractivity contribution in [1.29, 1.82) is 0 Å². The van der Waals surface area contributed by atoms with Gasteiger partial charge in [-0.2, -0.15) is 0 Å². The summed E-state index contributed by atoms with van der Waals surface area (Å²) in [5.41, 5.74) is -3.00. The highest BCUT2D eigenvalue weighted by Gasteiger charge is 2.85. The SMILES string of the molecule is ClC(Cl)C(Cl)(Cl)C(Cl)(Cl)C(Cl)(Cl)C(C(Cl)(Cl)Cl)(C(Cl)(Cl)Cl)C(Cl)(Cl)Cl. The Balaban J connectivity index is 7.21. The molecular formula is C8HCl17. The normalized spacial score (nSPS) is 16.6. The summed E-state index contributed by atoms with van der Waals surface area (Å²) in [7, 11) is 0. The molecule has 0 unspecified atom stereocenters. The van der Waals surface area contributed by atoms with Crippen molar-refractivity contribution < 1.29 is 0 Å². The number of halogens is 17. The highest BCUT2D eigenvalue weighted by atomic mass is 35.6. The van der Waals surface area contributed by atoms with Crippen LogP contribution in [-0.2, 0) is 0 Å². The van der Waals surface area contributed by atoms with Crippen LogP contribution in [0.4, 0.5) is 0 Å². The maximum absolute atomic E-state index is 6.29. The van der Waals surface area contributed by atoms with E-state index in [1.807, 2.05) is 0 Å². The molecule has 0 aliphatic rings. The quantitative estimate of drug-likeness (QED) is 0.256. The zero-order valence-corrected chi connectivity index (χ0v) is 23.4. The summed E-state index contributed by atoms with van der Waals surface area (Å²) in [6.45, 7) is 0. The van der Waals surface area contributed by atoms with Crippen LogP contribution in [0.25, 0.3) is 0 Å². The first-order chi connectivity index (χ1) is 10.4. The van der Waals surface area contributed by atoms with E-state index in [2.05, 4.69) is 0 Å². The van der Waals surface area contributed by atoms with E-state index in [1.54, 1.807) is 0 Å². The van der Waals surface area contributed by atoms with E-state index >= 15 is 0 Å². The minimum Gasteiger partial charge on any atom is -0.102 e. The summed E-state index contributed by atoms with van der Waals surface area (Å²) in [4.78, 5) is -1.71. The van der Waals surface area contributed by atoms with Crippen LogP contribution in [0.1, 0.15) is 0 Å². The highest BCUT2D eigenvalue weighted by molar-refractivity contribution is 6.81. The topological polar surface area (TPSA) is 0 Å². The van der Waals surface area contributed by atoms with Gasteiger partial charge in [0, 0.05) is 0 Å². The lowest BCUT2D eigenvalue weighted by atomic mass is 9.84. The fraction of sp³-hybridized carbons (Fsp3) is 1.00. The van der Waals surface area contributed by atoms with Gasteiger partial charge in [0.2, 0.25) is 11.4 Å². The third-order valence-corrected chi connectivity index (χ3v) is 10.6. The Bertz CT molecular complexity index is 436. The van der Waals surface area contributed by atoms with E-state index in [1.165, 1.54) is 0 Å². The second kappa shape index (κ2) is 9.05. The Labute approximate surface area is 228 Å². The first-order valence-corrected chi connectivity index (χ1v) is 11.6. The molecule has 0 saturated heterocycles. The van der Waals surface area contributed by atoms with Crippen LogP contribution < -0.4 is 0 Å². The summed E-state index contributed by atoms with van der Waals surface area (Å²) in [5, 5.41) is 0. The van der Waals surface area contributed by atoms with E-state index in [0.717, 1.165) is 0 Å². The van der Waals surface area contributed by atoms with Gasteiger partial charge in [-0.15, -0.1) is 23.2 Å². The molecule has 0 aromatic rings. The third kappa shape index (κ3) is 4.98. The summed E-state index contributed by atoms with van der Waals surface area (Å²) < 4.78 is -16.9. The van der Waals surface area contributed by atoms with Crippen molar-refractivity contribution in [3.05, 3.63) is 0 Å². The standard InChI is InChI=1S/C8HCl17/c9-1(10)2(11,12)4(13,14)5(15,16)3(6(17,18)19,7(20,21)22)8(23,24)25/h1H. The molecule has 0 radical (unpaired) electrons. The van der Waals surface area contributed by atoms with Crippen molar-refractivity contribution in [1.82, 2.24) is 0 Å². The van der Waals surface area contributed by atoms with Gasteiger partial charge in [-0.25, -0.2) is 0 Å². The minimum atomic E-state index is -3.02. The van der Waals surface area contributed by atoms with Gasteiger partial charge in [0.15, 0.2) is 13.0 Å². The average molecular weight is 700 g/mol. The van der Waals surface area contributed by atoms with Crippen molar-refractivity contribution >= 4 is 197 Å². The lowest BCUT2D eigenvalue weighted by Crippen LogP contribution is -2.72. The molecule has 152 valence electrons. The van der Waals surface area contributed by atoms with Crippen molar-refractivity contribution in [2.45, 2.75) is 29.2 Å².